The van der Waals surface area contributed by atoms with Gasteiger partial charge in [-0.1, -0.05) is 12.1 Å². The van der Waals surface area contributed by atoms with Crippen LogP contribution in [-0.4, -0.2) is 71.1 Å². The van der Waals surface area contributed by atoms with Crippen molar-refractivity contribution in [1.29, 1.82) is 0 Å². The molecule has 3 heterocycles. The predicted molar refractivity (Wildman–Crippen MR) is 90.9 cm³/mol. The number of ether oxygens (including phenoxy) is 3. The molecule has 3 aliphatic rings. The van der Waals surface area contributed by atoms with E-state index in [0.717, 1.165) is 12.0 Å². The molecule has 1 fully saturated rings. The van der Waals surface area contributed by atoms with E-state index in [1.165, 1.54) is 24.3 Å². The summed E-state index contributed by atoms with van der Waals surface area (Å²) in [6.07, 6.45) is -1.15. The fraction of sp³-hybridized carbons (Fsp3) is 0.333. The van der Waals surface area contributed by atoms with Gasteiger partial charge in [0.2, 0.25) is 5.91 Å². The van der Waals surface area contributed by atoms with E-state index in [0.29, 0.717) is 5.57 Å². The summed E-state index contributed by atoms with van der Waals surface area (Å²) in [5, 5.41) is 21.2. The molecule has 0 unspecified atom stereocenters. The van der Waals surface area contributed by atoms with Crippen molar-refractivity contribution in [3.8, 4) is 5.75 Å². The lowest BCUT2D eigenvalue weighted by atomic mass is 9.92. The van der Waals surface area contributed by atoms with Gasteiger partial charge in [0.25, 0.3) is 11.6 Å². The Morgan fingerprint density at radius 1 is 1.28 bits per heavy atom. The number of amides is 2. The number of cyclic esters (lactones) is 1. The number of carbonyl (C=O) groups excluding carboxylic acids is 3. The Bertz CT molecular complexity index is 955. The first-order valence-electron chi connectivity index (χ1n) is 8.53. The van der Waals surface area contributed by atoms with E-state index in [9.17, 15) is 29.4 Å². The molecule has 0 radical (unpaired) electrons. The number of rotatable bonds is 5. The molecule has 0 aromatic heterocycles. The predicted octanol–water partition coefficient (Wildman–Crippen LogP) is -0.971. The zero-order chi connectivity index (χ0) is 20.9. The van der Waals surface area contributed by atoms with Crippen molar-refractivity contribution in [1.82, 2.24) is 10.2 Å². The Kier molecular flexibility index (Phi) is 4.28. The van der Waals surface area contributed by atoms with Gasteiger partial charge in [0, 0.05) is 12.7 Å². The molecule has 3 aliphatic heterocycles. The van der Waals surface area contributed by atoms with Crippen LogP contribution in [0.5, 0.6) is 5.75 Å². The van der Waals surface area contributed by atoms with Crippen LogP contribution in [0.25, 0.3) is 0 Å². The van der Waals surface area contributed by atoms with Crippen LogP contribution in [0.4, 0.5) is 0 Å². The summed E-state index contributed by atoms with van der Waals surface area (Å²) in [4.78, 5) is 50.3. The number of carbonyl (C=O) groups is 4. The maximum absolute atomic E-state index is 12.8. The van der Waals surface area contributed by atoms with Crippen molar-refractivity contribution >= 4 is 23.8 Å². The second kappa shape index (κ2) is 6.57. The third-order valence-corrected chi connectivity index (χ3v) is 5.05. The number of methoxy groups -OCH3 is 1. The van der Waals surface area contributed by atoms with Crippen LogP contribution in [-0.2, 0) is 33.4 Å². The number of esters is 1. The summed E-state index contributed by atoms with van der Waals surface area (Å²) in [6, 6.07) is 5.05. The Labute approximate surface area is 163 Å². The number of nitrogens with zero attached hydrogens (tertiary/aromatic N) is 1. The Hall–Kier alpha value is -3.44. The van der Waals surface area contributed by atoms with Gasteiger partial charge in [-0.3, -0.25) is 19.3 Å². The smallest absolute Gasteiger partial charge is 0.355 e. The highest BCUT2D eigenvalue weighted by atomic mass is 16.6. The maximum atomic E-state index is 12.8. The van der Waals surface area contributed by atoms with Crippen LogP contribution in [0, 0.1) is 0 Å². The van der Waals surface area contributed by atoms with E-state index in [-0.39, 0.29) is 30.2 Å². The fourth-order valence-electron chi connectivity index (χ4n) is 3.59. The number of nitrogens with one attached hydrogen (secondary N) is 1. The minimum Gasteiger partial charge on any atom is -0.508 e. The largest absolute Gasteiger partial charge is 0.508 e. The molecular formula is C18H16N2O9. The van der Waals surface area contributed by atoms with Gasteiger partial charge in [0.05, 0.1) is 6.61 Å². The minimum absolute atomic E-state index is 0.00315. The summed E-state index contributed by atoms with van der Waals surface area (Å²) in [7, 11) is 1.16. The molecule has 0 aliphatic carbocycles. The van der Waals surface area contributed by atoms with Crippen molar-refractivity contribution in [2.24, 2.45) is 0 Å². The second-order valence-corrected chi connectivity index (χ2v) is 6.66. The van der Waals surface area contributed by atoms with Gasteiger partial charge in [-0.05, 0) is 17.7 Å². The van der Waals surface area contributed by atoms with Gasteiger partial charge >= 0.3 is 11.9 Å². The second-order valence-electron chi connectivity index (χ2n) is 6.66. The van der Waals surface area contributed by atoms with Crippen molar-refractivity contribution in [2.75, 3.05) is 20.3 Å². The van der Waals surface area contributed by atoms with E-state index in [4.69, 9.17) is 14.2 Å². The van der Waals surface area contributed by atoms with Gasteiger partial charge in [0.15, 0.2) is 12.1 Å². The number of phenols is 1. The third kappa shape index (κ3) is 2.66. The molecule has 0 spiro atoms. The standard InChI is InChI=1S/C18H16N2O9/c1-27-18(16(26)20-12-9(6-28-15(12)25)7-29-17(18)20)19-13(22)11(14(23)24)8-2-4-10(21)5-3-8/h2-5,11,17,21H,6-7H2,1H3,(H,19,22)(H,23,24)/t11-,17-,18+/m1/s1. The van der Waals surface area contributed by atoms with E-state index in [1.807, 2.05) is 0 Å². The number of aliphatic carboxylic acids is 1. The molecule has 11 heteroatoms. The van der Waals surface area contributed by atoms with Gasteiger partial charge in [-0.2, -0.15) is 0 Å². The maximum Gasteiger partial charge on any atom is 0.355 e. The Morgan fingerprint density at radius 3 is 2.59 bits per heavy atom. The van der Waals surface area contributed by atoms with Gasteiger partial charge in [-0.25, -0.2) is 4.79 Å². The molecular weight excluding hydrogens is 388 g/mol. The number of aromatic hydroxyl groups is 1. The van der Waals surface area contributed by atoms with Crippen LogP contribution in [0.1, 0.15) is 11.5 Å². The number of hydrogen-bond donors (Lipinski definition) is 3. The molecule has 2 amide bonds. The van der Waals surface area contributed by atoms with Gasteiger partial charge in [-0.15, -0.1) is 0 Å². The molecule has 4 rings (SSSR count). The molecule has 1 aromatic carbocycles. The number of hydrogen-bond acceptors (Lipinski definition) is 8. The first-order valence-corrected chi connectivity index (χ1v) is 8.53. The van der Waals surface area contributed by atoms with E-state index in [1.54, 1.807) is 0 Å². The van der Waals surface area contributed by atoms with Crippen molar-refractivity contribution in [3.05, 3.63) is 41.1 Å². The Balaban J connectivity index is 1.61. The SMILES string of the molecule is CO[C@@]1(NC(=O)[C@H](C(=O)O)c2ccc(O)cc2)C(=O)N2C3=C(COC3=O)CO[C@@H]21. The zero-order valence-corrected chi connectivity index (χ0v) is 15.1. The molecule has 152 valence electrons. The number of benzene rings is 1. The highest BCUT2D eigenvalue weighted by Gasteiger charge is 2.68. The molecule has 3 atom stereocenters. The number of β-lactam (4-membered cyclic amide) rings is 1. The van der Waals surface area contributed by atoms with Crippen molar-refractivity contribution < 1.29 is 43.6 Å². The zero-order valence-electron chi connectivity index (χ0n) is 15.1. The summed E-state index contributed by atoms with van der Waals surface area (Å²) in [5.74, 6) is -5.70. The molecule has 1 aromatic rings. The molecule has 3 N–H and O–H groups in total. The summed E-state index contributed by atoms with van der Waals surface area (Å²) < 4.78 is 15.7. The summed E-state index contributed by atoms with van der Waals surface area (Å²) in [6.45, 7) is 0.00969. The number of carboxylic acids is 1. The number of phenolic OH excluding ortho intramolecular Hbond substituents is 1. The van der Waals surface area contributed by atoms with Gasteiger partial charge in [0.1, 0.15) is 18.1 Å². The lowest BCUT2D eigenvalue weighted by molar-refractivity contribution is -0.257. The molecule has 29 heavy (non-hydrogen) atoms. The topological polar surface area (TPSA) is 152 Å². The lowest BCUT2D eigenvalue weighted by Gasteiger charge is -2.54. The minimum atomic E-state index is -1.98. The Morgan fingerprint density at radius 2 is 1.97 bits per heavy atom. The number of carboxylic acid groups (broad SMARTS) is 1. The van der Waals surface area contributed by atoms with Gasteiger partial charge < -0.3 is 29.7 Å². The van der Waals surface area contributed by atoms with Crippen molar-refractivity contribution in [3.63, 3.8) is 0 Å². The molecule has 11 nitrogen and oxygen atoms in total. The highest BCUT2D eigenvalue weighted by Crippen LogP contribution is 2.42. The monoisotopic (exact) mass is 404 g/mol. The summed E-state index contributed by atoms with van der Waals surface area (Å²) in [5.41, 5.74) is -1.33. The van der Waals surface area contributed by atoms with Crippen molar-refractivity contribution in [2.45, 2.75) is 17.9 Å². The van der Waals surface area contributed by atoms with E-state index >= 15 is 0 Å². The van der Waals surface area contributed by atoms with E-state index < -0.39 is 41.6 Å². The first kappa shape index (κ1) is 18.9. The van der Waals surface area contributed by atoms with Crippen LogP contribution in [0.3, 0.4) is 0 Å². The highest BCUT2D eigenvalue weighted by molar-refractivity contribution is 6.08. The quantitative estimate of drug-likeness (QED) is 0.244. The first-order chi connectivity index (χ1) is 13.8. The lowest BCUT2D eigenvalue weighted by Crippen LogP contribution is -2.82. The number of fused-ring (bicyclic) bond motifs is 2. The molecule has 0 bridgehead atoms. The fourth-order valence-corrected chi connectivity index (χ4v) is 3.59. The normalized spacial score (nSPS) is 26.2. The van der Waals surface area contributed by atoms with E-state index in [2.05, 4.69) is 5.32 Å². The van der Waals surface area contributed by atoms with Crippen LogP contribution >= 0.6 is 0 Å². The molecule has 1 saturated heterocycles. The van der Waals surface area contributed by atoms with Crippen LogP contribution in [0.15, 0.2) is 35.5 Å². The third-order valence-electron chi connectivity index (χ3n) is 5.05. The molecule has 0 saturated carbocycles. The summed E-state index contributed by atoms with van der Waals surface area (Å²) >= 11 is 0. The van der Waals surface area contributed by atoms with Crippen LogP contribution in [0.2, 0.25) is 0 Å². The average molecular weight is 404 g/mol. The average Bonchev–Trinajstić information content (AvgIpc) is 3.07. The van der Waals surface area contributed by atoms with Crippen LogP contribution < -0.4 is 5.32 Å².